The minimum atomic E-state index is -4.06. The van der Waals surface area contributed by atoms with Gasteiger partial charge in [0.25, 0.3) is 0 Å². The Labute approximate surface area is 155 Å². The standard InChI is InChI=1S/C19H26O4S.H3NO/c1-14(2)10-12-19(18(20)21,13-11-15(3)4)24(22,23)17-8-6-16(5)7-9-17;1-2/h6-11H,12-13H2,1-5H3,(H,20,21);2H,1H2. The van der Waals surface area contributed by atoms with E-state index in [1.807, 2.05) is 34.6 Å². The lowest BCUT2D eigenvalue weighted by molar-refractivity contribution is -0.140. The van der Waals surface area contributed by atoms with Crippen LogP contribution in [0.15, 0.2) is 52.5 Å². The molecule has 0 bridgehead atoms. The molecular weight excluding hydrogens is 354 g/mol. The van der Waals surface area contributed by atoms with E-state index in [0.29, 0.717) is 0 Å². The summed E-state index contributed by atoms with van der Waals surface area (Å²) in [5.41, 5.74) is 2.69. The third-order valence-corrected chi connectivity index (χ3v) is 6.35. The van der Waals surface area contributed by atoms with E-state index in [2.05, 4.69) is 5.90 Å². The Balaban J connectivity index is 0.00000301. The molecule has 7 heteroatoms. The highest BCUT2D eigenvalue weighted by Gasteiger charge is 2.50. The van der Waals surface area contributed by atoms with Gasteiger partial charge in [-0.25, -0.2) is 14.3 Å². The zero-order valence-corrected chi connectivity index (χ0v) is 16.8. The molecule has 1 rings (SSSR count). The van der Waals surface area contributed by atoms with Crippen molar-refractivity contribution >= 4 is 15.8 Å². The SMILES string of the molecule is CC(C)=CCC(CC=C(C)C)(C(=O)O)S(=O)(=O)c1ccc(C)cc1.NO. The number of hydrogen-bond donors (Lipinski definition) is 3. The average Bonchev–Trinajstić information content (AvgIpc) is 2.56. The maximum absolute atomic E-state index is 13.2. The predicted octanol–water partition coefficient (Wildman–Crippen LogP) is 3.64. The van der Waals surface area contributed by atoms with Crippen molar-refractivity contribution in [2.45, 2.75) is 57.1 Å². The molecule has 0 spiro atoms. The van der Waals surface area contributed by atoms with E-state index in [1.54, 1.807) is 24.3 Å². The minimum absolute atomic E-state index is 0.0415. The minimum Gasteiger partial charge on any atom is -0.480 e. The summed E-state index contributed by atoms with van der Waals surface area (Å²) in [4.78, 5) is 12.1. The van der Waals surface area contributed by atoms with Gasteiger partial charge in [0.1, 0.15) is 0 Å². The first-order chi connectivity index (χ1) is 12.0. The molecule has 0 unspecified atom stereocenters. The third kappa shape index (κ3) is 5.79. The van der Waals surface area contributed by atoms with Gasteiger partial charge in [0.05, 0.1) is 4.90 Å². The molecule has 0 amide bonds. The first-order valence-electron chi connectivity index (χ1n) is 8.10. The lowest BCUT2D eigenvalue weighted by Gasteiger charge is -2.27. The molecule has 6 nitrogen and oxygen atoms in total. The molecule has 0 aliphatic heterocycles. The summed E-state index contributed by atoms with van der Waals surface area (Å²) in [7, 11) is -4.06. The Hall–Kier alpha value is -1.96. The van der Waals surface area contributed by atoms with E-state index in [9.17, 15) is 18.3 Å². The van der Waals surface area contributed by atoms with Crippen molar-refractivity contribution in [2.75, 3.05) is 0 Å². The number of sulfone groups is 1. The van der Waals surface area contributed by atoms with Crippen LogP contribution in [-0.4, -0.2) is 29.4 Å². The maximum Gasteiger partial charge on any atom is 0.326 e. The Morgan fingerprint density at radius 2 is 1.38 bits per heavy atom. The predicted molar refractivity (Wildman–Crippen MR) is 103 cm³/mol. The Morgan fingerprint density at radius 3 is 1.69 bits per heavy atom. The molecule has 0 fully saturated rings. The Bertz CT molecular complexity index is 734. The number of carboxylic acids is 1. The molecule has 0 aliphatic carbocycles. The van der Waals surface area contributed by atoms with E-state index in [-0.39, 0.29) is 17.7 Å². The van der Waals surface area contributed by atoms with Gasteiger partial charge in [-0.2, -0.15) is 0 Å². The number of aryl methyl sites for hydroxylation is 1. The summed E-state index contributed by atoms with van der Waals surface area (Å²) in [6.07, 6.45) is 3.23. The van der Waals surface area contributed by atoms with Gasteiger partial charge >= 0.3 is 5.97 Å². The zero-order valence-electron chi connectivity index (χ0n) is 16.0. The van der Waals surface area contributed by atoms with Crippen LogP contribution < -0.4 is 5.90 Å². The lowest BCUT2D eigenvalue weighted by atomic mass is 9.97. The van der Waals surface area contributed by atoms with Crippen LogP contribution in [0.2, 0.25) is 0 Å². The molecule has 26 heavy (non-hydrogen) atoms. The van der Waals surface area contributed by atoms with Crippen molar-refractivity contribution in [3.05, 3.63) is 53.1 Å². The second-order valence-electron chi connectivity index (χ2n) is 6.59. The van der Waals surface area contributed by atoms with Gasteiger partial charge in [-0.15, -0.1) is 0 Å². The van der Waals surface area contributed by atoms with E-state index in [4.69, 9.17) is 5.21 Å². The van der Waals surface area contributed by atoms with Gasteiger partial charge in [-0.05, 0) is 59.6 Å². The molecule has 0 aromatic heterocycles. The lowest BCUT2D eigenvalue weighted by Crippen LogP contribution is -2.46. The second-order valence-corrected chi connectivity index (χ2v) is 8.85. The number of rotatable bonds is 7. The summed E-state index contributed by atoms with van der Waals surface area (Å²) < 4.78 is 24.5. The highest BCUT2D eigenvalue weighted by Crippen LogP contribution is 2.34. The molecule has 0 aliphatic rings. The fourth-order valence-electron chi connectivity index (χ4n) is 2.27. The number of aliphatic carboxylic acids is 1. The Morgan fingerprint density at radius 1 is 1.00 bits per heavy atom. The molecule has 0 saturated heterocycles. The van der Waals surface area contributed by atoms with Gasteiger partial charge in [0.2, 0.25) is 0 Å². The summed E-state index contributed by atoms with van der Waals surface area (Å²) in [5.74, 6) is 2.18. The van der Waals surface area contributed by atoms with Crippen LogP contribution in [0.5, 0.6) is 0 Å². The van der Waals surface area contributed by atoms with E-state index < -0.39 is 20.6 Å². The monoisotopic (exact) mass is 383 g/mol. The molecule has 146 valence electrons. The quantitative estimate of drug-likeness (QED) is 0.489. The normalized spacial score (nSPS) is 11.0. The van der Waals surface area contributed by atoms with Gasteiger partial charge < -0.3 is 10.3 Å². The summed E-state index contributed by atoms with van der Waals surface area (Å²) in [5, 5.41) is 16.4. The van der Waals surface area contributed by atoms with Crippen molar-refractivity contribution in [3.63, 3.8) is 0 Å². The summed E-state index contributed by atoms with van der Waals surface area (Å²) in [6.45, 7) is 9.16. The number of allylic oxidation sites excluding steroid dienone is 4. The highest BCUT2D eigenvalue weighted by atomic mass is 32.2. The van der Waals surface area contributed by atoms with Crippen molar-refractivity contribution < 1.29 is 23.5 Å². The summed E-state index contributed by atoms with van der Waals surface area (Å²) in [6, 6.07) is 6.32. The van der Waals surface area contributed by atoms with Gasteiger partial charge in [0, 0.05) is 0 Å². The van der Waals surface area contributed by atoms with E-state index in [1.165, 1.54) is 12.1 Å². The van der Waals surface area contributed by atoms with Crippen LogP contribution >= 0.6 is 0 Å². The molecule has 0 heterocycles. The van der Waals surface area contributed by atoms with Crippen LogP contribution in [0.3, 0.4) is 0 Å². The van der Waals surface area contributed by atoms with Gasteiger partial charge in [-0.1, -0.05) is 41.0 Å². The average molecular weight is 384 g/mol. The molecular formula is C19H29NO5S. The fourth-order valence-corrected chi connectivity index (χ4v) is 4.05. The van der Waals surface area contributed by atoms with Gasteiger partial charge in [-0.3, -0.25) is 4.79 Å². The first kappa shape index (κ1) is 24.0. The Kier molecular flexibility index (Phi) is 9.48. The molecule has 1 aromatic carbocycles. The van der Waals surface area contributed by atoms with Crippen molar-refractivity contribution in [1.82, 2.24) is 0 Å². The maximum atomic E-state index is 13.2. The van der Waals surface area contributed by atoms with Crippen LogP contribution in [0, 0.1) is 6.92 Å². The van der Waals surface area contributed by atoms with E-state index >= 15 is 0 Å². The van der Waals surface area contributed by atoms with Gasteiger partial charge in [0.15, 0.2) is 14.6 Å². The van der Waals surface area contributed by atoms with Crippen molar-refractivity contribution in [3.8, 4) is 0 Å². The van der Waals surface area contributed by atoms with Crippen molar-refractivity contribution in [1.29, 1.82) is 0 Å². The largest absolute Gasteiger partial charge is 0.480 e. The molecule has 0 saturated carbocycles. The molecule has 4 N–H and O–H groups in total. The second kappa shape index (κ2) is 10.3. The van der Waals surface area contributed by atoms with E-state index in [0.717, 1.165) is 16.7 Å². The third-order valence-electron chi connectivity index (χ3n) is 3.92. The number of carboxylic acid groups (broad SMARTS) is 1. The van der Waals surface area contributed by atoms with Crippen LogP contribution in [0.1, 0.15) is 46.1 Å². The number of hydrogen-bond acceptors (Lipinski definition) is 5. The number of carbonyl (C=O) groups is 1. The van der Waals surface area contributed by atoms with Crippen molar-refractivity contribution in [2.24, 2.45) is 5.90 Å². The molecule has 0 radical (unpaired) electrons. The zero-order chi connectivity index (χ0) is 20.5. The number of benzene rings is 1. The fraction of sp³-hybridized carbons (Fsp3) is 0.421. The molecule has 1 aromatic rings. The van der Waals surface area contributed by atoms with Crippen LogP contribution in [0.25, 0.3) is 0 Å². The molecule has 0 atom stereocenters. The number of nitrogens with two attached hydrogens (primary N) is 1. The highest BCUT2D eigenvalue weighted by molar-refractivity contribution is 7.93. The summed E-state index contributed by atoms with van der Waals surface area (Å²) >= 11 is 0. The van der Waals surface area contributed by atoms with Crippen LogP contribution in [-0.2, 0) is 14.6 Å². The topological polar surface area (TPSA) is 118 Å². The van der Waals surface area contributed by atoms with Crippen LogP contribution in [0.4, 0.5) is 0 Å². The first-order valence-corrected chi connectivity index (χ1v) is 9.58. The smallest absolute Gasteiger partial charge is 0.326 e.